The molecule has 2 atom stereocenters. The summed E-state index contributed by atoms with van der Waals surface area (Å²) < 4.78 is 0. The monoisotopic (exact) mass is 345 g/mol. The molecule has 3 aromatic rings. The minimum atomic E-state index is -0.242. The van der Waals surface area contributed by atoms with Gasteiger partial charge in [-0.25, -0.2) is 0 Å². The number of amides is 1. The van der Waals surface area contributed by atoms with Gasteiger partial charge in [0.25, 0.3) is 5.91 Å². The normalized spacial score (nSPS) is 15.2. The lowest BCUT2D eigenvalue weighted by Crippen LogP contribution is -2.39. The van der Waals surface area contributed by atoms with Gasteiger partial charge < -0.3 is 16.4 Å². The van der Waals surface area contributed by atoms with Crippen molar-refractivity contribution < 1.29 is 4.79 Å². The number of carbonyl (C=O) groups excluding carboxylic acids is 1. The van der Waals surface area contributed by atoms with E-state index in [0.717, 1.165) is 29.6 Å². The SMILES string of the molecule is CC(N)C(NC(=O)c1ccc2c(c1)NCC2)c1ccc2ccccc2c1. The average Bonchev–Trinajstić information content (AvgIpc) is 3.13. The van der Waals surface area contributed by atoms with E-state index in [1.165, 1.54) is 10.9 Å². The second kappa shape index (κ2) is 6.81. The summed E-state index contributed by atoms with van der Waals surface area (Å²) in [5, 5.41) is 8.75. The molecule has 0 saturated heterocycles. The van der Waals surface area contributed by atoms with Crippen molar-refractivity contribution in [2.45, 2.75) is 25.4 Å². The van der Waals surface area contributed by atoms with Crippen molar-refractivity contribution in [3.63, 3.8) is 0 Å². The first-order valence-electron chi connectivity index (χ1n) is 9.04. The van der Waals surface area contributed by atoms with Crippen molar-refractivity contribution in [3.8, 4) is 0 Å². The van der Waals surface area contributed by atoms with E-state index in [0.29, 0.717) is 5.56 Å². The van der Waals surface area contributed by atoms with Crippen molar-refractivity contribution in [1.29, 1.82) is 0 Å². The number of nitrogens with one attached hydrogen (secondary N) is 2. The van der Waals surface area contributed by atoms with Gasteiger partial charge in [-0.1, -0.05) is 42.5 Å². The highest BCUT2D eigenvalue weighted by Gasteiger charge is 2.21. The topological polar surface area (TPSA) is 67.1 Å². The van der Waals surface area contributed by atoms with Crippen LogP contribution in [-0.2, 0) is 6.42 Å². The van der Waals surface area contributed by atoms with Gasteiger partial charge in [0.2, 0.25) is 0 Å². The van der Waals surface area contributed by atoms with Gasteiger partial charge in [0.05, 0.1) is 6.04 Å². The van der Waals surface area contributed by atoms with Crippen LogP contribution in [0.5, 0.6) is 0 Å². The molecule has 1 aliphatic heterocycles. The van der Waals surface area contributed by atoms with Crippen LogP contribution in [0.25, 0.3) is 10.8 Å². The zero-order valence-corrected chi connectivity index (χ0v) is 14.8. The average molecular weight is 345 g/mol. The molecular formula is C22H23N3O. The predicted octanol–water partition coefficient (Wildman–Crippen LogP) is 3.63. The van der Waals surface area contributed by atoms with Crippen LogP contribution in [0.4, 0.5) is 5.69 Å². The molecule has 4 nitrogen and oxygen atoms in total. The first-order chi connectivity index (χ1) is 12.6. The maximum atomic E-state index is 12.8. The Morgan fingerprint density at radius 3 is 2.69 bits per heavy atom. The summed E-state index contributed by atoms with van der Waals surface area (Å²) in [5.74, 6) is -0.100. The first kappa shape index (κ1) is 16.6. The summed E-state index contributed by atoms with van der Waals surface area (Å²) in [7, 11) is 0. The Hall–Kier alpha value is -2.85. The van der Waals surface area contributed by atoms with E-state index in [1.807, 2.05) is 43.3 Å². The molecular weight excluding hydrogens is 322 g/mol. The third-order valence-corrected chi connectivity index (χ3v) is 5.03. The number of carbonyl (C=O) groups is 1. The van der Waals surface area contributed by atoms with Crippen molar-refractivity contribution >= 4 is 22.4 Å². The summed E-state index contributed by atoms with van der Waals surface area (Å²) >= 11 is 0. The molecule has 26 heavy (non-hydrogen) atoms. The van der Waals surface area contributed by atoms with Crippen molar-refractivity contribution in [2.24, 2.45) is 5.73 Å². The summed E-state index contributed by atoms with van der Waals surface area (Å²) in [4.78, 5) is 12.8. The third kappa shape index (κ3) is 3.16. The number of nitrogens with two attached hydrogens (primary N) is 1. The molecule has 2 unspecified atom stereocenters. The zero-order valence-electron chi connectivity index (χ0n) is 14.8. The number of anilines is 1. The lowest BCUT2D eigenvalue weighted by molar-refractivity contribution is 0.0931. The molecule has 0 radical (unpaired) electrons. The molecule has 1 aliphatic rings. The minimum Gasteiger partial charge on any atom is -0.384 e. The lowest BCUT2D eigenvalue weighted by Gasteiger charge is -2.23. The highest BCUT2D eigenvalue weighted by molar-refractivity contribution is 5.96. The second-order valence-corrected chi connectivity index (χ2v) is 6.97. The zero-order chi connectivity index (χ0) is 18.1. The van der Waals surface area contributed by atoms with Gasteiger partial charge in [-0.2, -0.15) is 0 Å². The fourth-order valence-corrected chi connectivity index (χ4v) is 3.58. The van der Waals surface area contributed by atoms with E-state index >= 15 is 0 Å². The van der Waals surface area contributed by atoms with Gasteiger partial charge >= 0.3 is 0 Å². The molecule has 0 aliphatic carbocycles. The Morgan fingerprint density at radius 2 is 1.88 bits per heavy atom. The first-order valence-corrected chi connectivity index (χ1v) is 9.04. The fourth-order valence-electron chi connectivity index (χ4n) is 3.58. The lowest BCUT2D eigenvalue weighted by atomic mass is 9.97. The highest BCUT2D eigenvalue weighted by Crippen LogP contribution is 2.25. The van der Waals surface area contributed by atoms with Crippen LogP contribution in [0.15, 0.2) is 60.7 Å². The number of fused-ring (bicyclic) bond motifs is 2. The van der Waals surface area contributed by atoms with Gasteiger partial charge in [0, 0.05) is 23.8 Å². The Morgan fingerprint density at radius 1 is 1.08 bits per heavy atom. The highest BCUT2D eigenvalue weighted by atomic mass is 16.1. The number of hydrogen-bond donors (Lipinski definition) is 3. The largest absolute Gasteiger partial charge is 0.384 e. The van der Waals surface area contributed by atoms with Crippen molar-refractivity contribution in [3.05, 3.63) is 77.4 Å². The Kier molecular flexibility index (Phi) is 4.35. The Bertz CT molecular complexity index is 965. The summed E-state index contributed by atoms with van der Waals surface area (Å²) in [5.41, 5.74) is 10.2. The van der Waals surface area contributed by atoms with Crippen LogP contribution in [0.1, 0.15) is 34.5 Å². The van der Waals surface area contributed by atoms with Gasteiger partial charge in [0.1, 0.15) is 0 Å². The second-order valence-electron chi connectivity index (χ2n) is 6.97. The molecule has 1 heterocycles. The van der Waals surface area contributed by atoms with E-state index in [-0.39, 0.29) is 18.0 Å². The van der Waals surface area contributed by atoms with Crippen LogP contribution in [0.3, 0.4) is 0 Å². The molecule has 4 rings (SSSR count). The standard InChI is InChI=1S/C22H23N3O/c1-14(23)21(18-8-6-15-4-2-3-5-17(15)12-18)25-22(26)19-9-7-16-10-11-24-20(16)13-19/h2-9,12-14,21,24H,10-11,23H2,1H3,(H,25,26). The summed E-state index contributed by atoms with van der Waals surface area (Å²) in [6.07, 6.45) is 1.01. The van der Waals surface area contributed by atoms with Gasteiger partial charge in [-0.05, 0) is 53.4 Å². The van der Waals surface area contributed by atoms with E-state index in [2.05, 4.69) is 34.9 Å². The summed E-state index contributed by atoms with van der Waals surface area (Å²) in [6.45, 7) is 2.85. The molecule has 132 valence electrons. The number of hydrogen-bond acceptors (Lipinski definition) is 3. The fraction of sp³-hybridized carbons (Fsp3) is 0.227. The Balaban J connectivity index is 1.61. The molecule has 0 spiro atoms. The van der Waals surface area contributed by atoms with E-state index in [4.69, 9.17) is 5.73 Å². The van der Waals surface area contributed by atoms with Crippen LogP contribution in [-0.4, -0.2) is 18.5 Å². The van der Waals surface area contributed by atoms with Crippen LogP contribution < -0.4 is 16.4 Å². The third-order valence-electron chi connectivity index (χ3n) is 5.03. The maximum absolute atomic E-state index is 12.8. The predicted molar refractivity (Wildman–Crippen MR) is 106 cm³/mol. The Labute approximate surface area is 153 Å². The molecule has 0 bridgehead atoms. The molecule has 4 N–H and O–H groups in total. The minimum absolute atomic E-state index is 0.100. The van der Waals surface area contributed by atoms with Gasteiger partial charge in [-0.15, -0.1) is 0 Å². The van der Waals surface area contributed by atoms with E-state index in [9.17, 15) is 4.79 Å². The number of rotatable bonds is 4. The van der Waals surface area contributed by atoms with Crippen LogP contribution >= 0.6 is 0 Å². The smallest absolute Gasteiger partial charge is 0.251 e. The van der Waals surface area contributed by atoms with Crippen LogP contribution in [0.2, 0.25) is 0 Å². The molecule has 0 aromatic heterocycles. The molecule has 1 amide bonds. The van der Waals surface area contributed by atoms with Gasteiger partial charge in [0.15, 0.2) is 0 Å². The van der Waals surface area contributed by atoms with Crippen molar-refractivity contribution in [2.75, 3.05) is 11.9 Å². The number of benzene rings is 3. The maximum Gasteiger partial charge on any atom is 0.251 e. The molecule has 3 aromatic carbocycles. The van der Waals surface area contributed by atoms with Crippen LogP contribution in [0, 0.1) is 0 Å². The van der Waals surface area contributed by atoms with E-state index < -0.39 is 0 Å². The van der Waals surface area contributed by atoms with E-state index in [1.54, 1.807) is 0 Å². The summed E-state index contributed by atoms with van der Waals surface area (Å²) in [6, 6.07) is 19.8. The van der Waals surface area contributed by atoms with Gasteiger partial charge in [-0.3, -0.25) is 4.79 Å². The molecule has 4 heteroatoms. The van der Waals surface area contributed by atoms with Crippen molar-refractivity contribution in [1.82, 2.24) is 5.32 Å². The molecule has 0 fully saturated rings. The molecule has 0 saturated carbocycles. The quantitative estimate of drug-likeness (QED) is 0.676.